The van der Waals surface area contributed by atoms with Crippen molar-refractivity contribution in [2.24, 2.45) is 0 Å². The molecule has 16 heavy (non-hydrogen) atoms. The van der Waals surface area contributed by atoms with Crippen LogP contribution in [0.25, 0.3) is 0 Å². The molecule has 4 nitrogen and oxygen atoms in total. The van der Waals surface area contributed by atoms with Crippen molar-refractivity contribution in [3.63, 3.8) is 0 Å². The van der Waals surface area contributed by atoms with Crippen LogP contribution in [0.2, 0.25) is 0 Å². The molecule has 5 heteroatoms. The van der Waals surface area contributed by atoms with Crippen LogP contribution in [0.4, 0.5) is 0 Å². The Morgan fingerprint density at radius 1 is 1.31 bits per heavy atom. The van der Waals surface area contributed by atoms with E-state index in [4.69, 9.17) is 4.74 Å². The fraction of sp³-hybridized carbons (Fsp3) is 0.273. The molecular formula is C11H13NO3S. The number of rotatable bonds is 4. The molecule has 1 N–H and O–H groups in total. The topological polar surface area (TPSA) is 55.4 Å². The number of hydrogen-bond acceptors (Lipinski definition) is 4. The molecule has 0 fully saturated rings. The Kier molecular flexibility index (Phi) is 4.85. The number of ether oxygens (including phenoxy) is 1. The highest BCUT2D eigenvalue weighted by Gasteiger charge is 2.08. The molecule has 1 aromatic rings. The van der Waals surface area contributed by atoms with E-state index in [1.807, 2.05) is 18.4 Å². The van der Waals surface area contributed by atoms with Crippen molar-refractivity contribution in [2.45, 2.75) is 4.90 Å². The second-order valence-corrected chi connectivity index (χ2v) is 3.86. The summed E-state index contributed by atoms with van der Waals surface area (Å²) in [4.78, 5) is 23.4. The average molecular weight is 239 g/mol. The zero-order chi connectivity index (χ0) is 12.0. The molecule has 0 aliphatic carbocycles. The van der Waals surface area contributed by atoms with Crippen LogP contribution in [0.5, 0.6) is 0 Å². The van der Waals surface area contributed by atoms with Gasteiger partial charge in [-0.2, -0.15) is 0 Å². The Bertz CT molecular complexity index is 375. The van der Waals surface area contributed by atoms with E-state index in [9.17, 15) is 9.59 Å². The summed E-state index contributed by atoms with van der Waals surface area (Å²) in [6.07, 6.45) is 1.96. The lowest BCUT2D eigenvalue weighted by atomic mass is 10.2. The first-order chi connectivity index (χ1) is 7.67. The average Bonchev–Trinajstić information content (AvgIpc) is 2.35. The smallest absolute Gasteiger partial charge is 0.338 e. The maximum absolute atomic E-state index is 11.5. The minimum atomic E-state index is -0.490. The fourth-order valence-electron chi connectivity index (χ4n) is 1.01. The number of hydrogen-bond donors (Lipinski definition) is 1. The van der Waals surface area contributed by atoms with Gasteiger partial charge in [0.1, 0.15) is 0 Å². The van der Waals surface area contributed by atoms with E-state index in [0.29, 0.717) is 5.56 Å². The number of likely N-dealkylation sites (N-methyl/N-ethyl adjacent to an activating group) is 1. The molecular weight excluding hydrogens is 226 g/mol. The first kappa shape index (κ1) is 12.6. The van der Waals surface area contributed by atoms with Crippen molar-refractivity contribution in [1.29, 1.82) is 0 Å². The quantitative estimate of drug-likeness (QED) is 0.636. The van der Waals surface area contributed by atoms with Gasteiger partial charge in [-0.15, -0.1) is 11.8 Å². The van der Waals surface area contributed by atoms with Crippen LogP contribution < -0.4 is 5.32 Å². The molecule has 0 aliphatic rings. The molecule has 0 radical (unpaired) electrons. The highest BCUT2D eigenvalue weighted by atomic mass is 32.2. The molecule has 0 heterocycles. The van der Waals surface area contributed by atoms with E-state index in [-0.39, 0.29) is 12.5 Å². The number of esters is 1. The van der Waals surface area contributed by atoms with Gasteiger partial charge in [0.25, 0.3) is 5.91 Å². The zero-order valence-corrected chi connectivity index (χ0v) is 9.97. The lowest BCUT2D eigenvalue weighted by Gasteiger charge is -2.04. The molecule has 0 unspecified atom stereocenters. The lowest BCUT2D eigenvalue weighted by molar-refractivity contribution is -0.123. The molecule has 86 valence electrons. The Morgan fingerprint density at radius 2 is 1.94 bits per heavy atom. The first-order valence-electron chi connectivity index (χ1n) is 4.69. The SMILES string of the molecule is CNC(=O)COC(=O)c1ccc(SC)cc1. The number of amides is 1. The summed E-state index contributed by atoms with van der Waals surface area (Å²) >= 11 is 1.59. The summed E-state index contributed by atoms with van der Waals surface area (Å²) < 4.78 is 4.80. The van der Waals surface area contributed by atoms with Gasteiger partial charge in [-0.25, -0.2) is 4.79 Å². The molecule has 1 rings (SSSR count). The normalized spacial score (nSPS) is 9.62. The third kappa shape index (κ3) is 3.58. The van der Waals surface area contributed by atoms with E-state index in [2.05, 4.69) is 5.32 Å². The molecule has 0 saturated carbocycles. The van der Waals surface area contributed by atoms with Gasteiger partial charge in [0.05, 0.1) is 5.56 Å². The van der Waals surface area contributed by atoms with Crippen LogP contribution in [0.15, 0.2) is 29.2 Å². The molecule has 0 saturated heterocycles. The Labute approximate surface area is 98.4 Å². The monoisotopic (exact) mass is 239 g/mol. The summed E-state index contributed by atoms with van der Waals surface area (Å²) in [6.45, 7) is -0.250. The highest BCUT2D eigenvalue weighted by Crippen LogP contribution is 2.15. The predicted octanol–water partition coefficient (Wildman–Crippen LogP) is 1.31. The molecule has 1 aromatic carbocycles. The van der Waals surface area contributed by atoms with Gasteiger partial charge in [0.2, 0.25) is 0 Å². The maximum Gasteiger partial charge on any atom is 0.338 e. The van der Waals surface area contributed by atoms with Crippen molar-refractivity contribution < 1.29 is 14.3 Å². The van der Waals surface area contributed by atoms with Gasteiger partial charge in [-0.3, -0.25) is 4.79 Å². The third-order valence-electron chi connectivity index (χ3n) is 1.94. The predicted molar refractivity (Wildman–Crippen MR) is 62.6 cm³/mol. The Hall–Kier alpha value is -1.49. The Morgan fingerprint density at radius 3 is 2.44 bits per heavy atom. The largest absolute Gasteiger partial charge is 0.452 e. The minimum Gasteiger partial charge on any atom is -0.452 e. The van der Waals surface area contributed by atoms with Crippen LogP contribution in [0, 0.1) is 0 Å². The van der Waals surface area contributed by atoms with Crippen molar-refractivity contribution in [3.05, 3.63) is 29.8 Å². The third-order valence-corrected chi connectivity index (χ3v) is 2.68. The summed E-state index contributed by atoms with van der Waals surface area (Å²) in [5.41, 5.74) is 0.446. The molecule has 0 spiro atoms. The van der Waals surface area contributed by atoms with Crippen molar-refractivity contribution >= 4 is 23.6 Å². The Balaban J connectivity index is 2.56. The second kappa shape index (κ2) is 6.17. The van der Waals surface area contributed by atoms with Gasteiger partial charge >= 0.3 is 5.97 Å². The van der Waals surface area contributed by atoms with Gasteiger partial charge in [0.15, 0.2) is 6.61 Å². The molecule has 0 atom stereocenters. The van der Waals surface area contributed by atoms with Gasteiger partial charge in [-0.1, -0.05) is 0 Å². The summed E-state index contributed by atoms with van der Waals surface area (Å²) in [6, 6.07) is 7.03. The van der Waals surface area contributed by atoms with Crippen LogP contribution in [-0.2, 0) is 9.53 Å². The summed E-state index contributed by atoms with van der Waals surface area (Å²) in [7, 11) is 1.49. The minimum absolute atomic E-state index is 0.250. The summed E-state index contributed by atoms with van der Waals surface area (Å²) in [5.74, 6) is -0.815. The van der Waals surface area contributed by atoms with Crippen LogP contribution in [0.3, 0.4) is 0 Å². The van der Waals surface area contributed by atoms with Gasteiger partial charge in [0, 0.05) is 11.9 Å². The van der Waals surface area contributed by atoms with E-state index in [1.165, 1.54) is 7.05 Å². The van der Waals surface area contributed by atoms with E-state index in [1.54, 1.807) is 23.9 Å². The molecule has 0 aromatic heterocycles. The second-order valence-electron chi connectivity index (χ2n) is 2.98. The molecule has 0 bridgehead atoms. The molecule has 1 amide bonds. The number of carbonyl (C=O) groups excluding carboxylic acids is 2. The number of carbonyl (C=O) groups is 2. The van der Waals surface area contributed by atoms with E-state index in [0.717, 1.165) is 4.90 Å². The van der Waals surface area contributed by atoms with Gasteiger partial charge in [-0.05, 0) is 30.5 Å². The van der Waals surface area contributed by atoms with E-state index < -0.39 is 5.97 Å². The van der Waals surface area contributed by atoms with Crippen LogP contribution in [-0.4, -0.2) is 31.8 Å². The highest BCUT2D eigenvalue weighted by molar-refractivity contribution is 7.98. The first-order valence-corrected chi connectivity index (χ1v) is 5.91. The summed E-state index contributed by atoms with van der Waals surface area (Å²) in [5, 5.41) is 2.37. The number of nitrogens with one attached hydrogen (secondary N) is 1. The molecule has 0 aliphatic heterocycles. The van der Waals surface area contributed by atoms with Crippen molar-refractivity contribution in [3.8, 4) is 0 Å². The van der Waals surface area contributed by atoms with E-state index >= 15 is 0 Å². The van der Waals surface area contributed by atoms with Gasteiger partial charge < -0.3 is 10.1 Å². The number of benzene rings is 1. The maximum atomic E-state index is 11.5. The fourth-order valence-corrected chi connectivity index (χ4v) is 1.42. The number of thioether (sulfide) groups is 1. The zero-order valence-electron chi connectivity index (χ0n) is 9.15. The van der Waals surface area contributed by atoms with Crippen LogP contribution >= 0.6 is 11.8 Å². The standard InChI is InChI=1S/C11H13NO3S/c1-12-10(13)7-15-11(14)8-3-5-9(16-2)6-4-8/h3-6H,7H2,1-2H3,(H,12,13). The van der Waals surface area contributed by atoms with Crippen molar-refractivity contribution in [2.75, 3.05) is 19.9 Å². The lowest BCUT2D eigenvalue weighted by Crippen LogP contribution is -2.25. The van der Waals surface area contributed by atoms with Crippen LogP contribution in [0.1, 0.15) is 10.4 Å². The van der Waals surface area contributed by atoms with Crippen molar-refractivity contribution in [1.82, 2.24) is 5.32 Å².